The summed E-state index contributed by atoms with van der Waals surface area (Å²) < 4.78 is 5.18. The largest absolute Gasteiger partial charge is 0.459 e. The molecule has 1 fully saturated rings. The minimum Gasteiger partial charge on any atom is -0.459 e. The van der Waals surface area contributed by atoms with E-state index >= 15 is 0 Å². The number of benzene rings is 1. The molecule has 0 saturated carbocycles. The Hall–Kier alpha value is -3.02. The number of rotatable bonds is 2. The van der Waals surface area contributed by atoms with Crippen LogP contribution >= 0.6 is 0 Å². The van der Waals surface area contributed by atoms with Gasteiger partial charge in [0.05, 0.1) is 6.26 Å². The Morgan fingerprint density at radius 3 is 2.25 bits per heavy atom. The highest BCUT2D eigenvalue weighted by Gasteiger charge is 2.27. The maximum absolute atomic E-state index is 12.9. The number of nitrogens with one attached hydrogen (secondary N) is 1. The molecule has 6 heteroatoms. The molecule has 1 aromatic carbocycles. The Labute approximate surface area is 164 Å². The Kier molecular flexibility index (Phi) is 4.49. The van der Waals surface area contributed by atoms with Crippen molar-refractivity contribution in [1.82, 2.24) is 14.8 Å². The van der Waals surface area contributed by atoms with Gasteiger partial charge in [-0.2, -0.15) is 0 Å². The van der Waals surface area contributed by atoms with Gasteiger partial charge in [-0.3, -0.25) is 9.59 Å². The lowest BCUT2D eigenvalue weighted by Crippen LogP contribution is -2.50. The van der Waals surface area contributed by atoms with Crippen LogP contribution in [0, 0.1) is 0 Å². The van der Waals surface area contributed by atoms with Gasteiger partial charge in [-0.1, -0.05) is 32.9 Å². The van der Waals surface area contributed by atoms with Crippen molar-refractivity contribution in [2.75, 3.05) is 26.2 Å². The average molecular weight is 379 g/mol. The molecule has 1 aliphatic rings. The predicted octanol–water partition coefficient (Wildman–Crippen LogP) is 3.66. The molecule has 1 aliphatic heterocycles. The van der Waals surface area contributed by atoms with Crippen LogP contribution in [-0.4, -0.2) is 52.8 Å². The van der Waals surface area contributed by atoms with E-state index in [0.29, 0.717) is 37.6 Å². The van der Waals surface area contributed by atoms with Crippen LogP contribution in [0.2, 0.25) is 0 Å². The van der Waals surface area contributed by atoms with Gasteiger partial charge in [-0.05, 0) is 35.2 Å². The molecule has 0 aliphatic carbocycles. The second kappa shape index (κ2) is 6.86. The third-order valence-electron chi connectivity index (χ3n) is 5.30. The average Bonchev–Trinajstić information content (AvgIpc) is 3.35. The highest BCUT2D eigenvalue weighted by atomic mass is 16.3. The van der Waals surface area contributed by atoms with Gasteiger partial charge in [0.1, 0.15) is 5.69 Å². The van der Waals surface area contributed by atoms with Crippen LogP contribution in [0.3, 0.4) is 0 Å². The molecule has 146 valence electrons. The van der Waals surface area contributed by atoms with E-state index in [9.17, 15) is 9.59 Å². The number of aromatic nitrogens is 1. The van der Waals surface area contributed by atoms with E-state index in [0.717, 1.165) is 10.9 Å². The van der Waals surface area contributed by atoms with E-state index < -0.39 is 0 Å². The molecule has 1 N–H and O–H groups in total. The van der Waals surface area contributed by atoms with Crippen molar-refractivity contribution in [1.29, 1.82) is 0 Å². The lowest BCUT2D eigenvalue weighted by Gasteiger charge is -2.34. The molecule has 6 nitrogen and oxygen atoms in total. The van der Waals surface area contributed by atoms with E-state index in [1.807, 2.05) is 6.07 Å². The lowest BCUT2D eigenvalue weighted by atomic mass is 9.87. The summed E-state index contributed by atoms with van der Waals surface area (Å²) in [5.74, 6) is 0.182. The number of hydrogen-bond donors (Lipinski definition) is 1. The number of piperazine rings is 1. The topological polar surface area (TPSA) is 69.6 Å². The number of H-pyrrole nitrogens is 1. The van der Waals surface area contributed by atoms with Gasteiger partial charge in [0.25, 0.3) is 11.8 Å². The van der Waals surface area contributed by atoms with E-state index in [2.05, 4.69) is 44.0 Å². The summed E-state index contributed by atoms with van der Waals surface area (Å²) in [6.07, 6.45) is 1.49. The van der Waals surface area contributed by atoms with Crippen LogP contribution in [-0.2, 0) is 5.41 Å². The molecule has 3 aromatic rings. The summed E-state index contributed by atoms with van der Waals surface area (Å²) in [4.78, 5) is 32.1. The maximum Gasteiger partial charge on any atom is 0.289 e. The number of nitrogens with zero attached hydrogens (tertiary/aromatic N) is 2. The predicted molar refractivity (Wildman–Crippen MR) is 108 cm³/mol. The highest BCUT2D eigenvalue weighted by Crippen LogP contribution is 2.26. The second-order valence-corrected chi connectivity index (χ2v) is 8.30. The van der Waals surface area contributed by atoms with E-state index in [4.69, 9.17) is 4.42 Å². The van der Waals surface area contributed by atoms with Crippen molar-refractivity contribution in [3.8, 4) is 0 Å². The SMILES string of the molecule is CC(C)(C)c1ccc2cc(C(=O)N3CCN(C(=O)c4ccco4)CC3)[nH]c2c1. The van der Waals surface area contributed by atoms with Crippen molar-refractivity contribution in [3.05, 3.63) is 59.7 Å². The van der Waals surface area contributed by atoms with Gasteiger partial charge in [0.15, 0.2) is 5.76 Å². The number of carbonyl (C=O) groups is 2. The molecule has 28 heavy (non-hydrogen) atoms. The van der Waals surface area contributed by atoms with Crippen molar-refractivity contribution in [2.24, 2.45) is 0 Å². The molecule has 0 radical (unpaired) electrons. The first-order chi connectivity index (χ1) is 13.3. The third-order valence-corrected chi connectivity index (χ3v) is 5.30. The fraction of sp³-hybridized carbons (Fsp3) is 0.364. The summed E-state index contributed by atoms with van der Waals surface area (Å²) in [7, 11) is 0. The van der Waals surface area contributed by atoms with Gasteiger partial charge in [-0.15, -0.1) is 0 Å². The van der Waals surface area contributed by atoms with Gasteiger partial charge in [0, 0.05) is 37.1 Å². The van der Waals surface area contributed by atoms with Crippen LogP contribution < -0.4 is 0 Å². The fourth-order valence-electron chi connectivity index (χ4n) is 3.55. The fourth-order valence-corrected chi connectivity index (χ4v) is 3.55. The minimum atomic E-state index is -0.127. The molecular formula is C22H25N3O3. The summed E-state index contributed by atoms with van der Waals surface area (Å²) in [5.41, 5.74) is 2.85. The Morgan fingerprint density at radius 1 is 0.964 bits per heavy atom. The zero-order valence-electron chi connectivity index (χ0n) is 16.5. The molecule has 1 saturated heterocycles. The van der Waals surface area contributed by atoms with Crippen molar-refractivity contribution < 1.29 is 14.0 Å². The number of carbonyl (C=O) groups excluding carboxylic acids is 2. The number of furan rings is 1. The van der Waals surface area contributed by atoms with E-state index in [1.165, 1.54) is 11.8 Å². The summed E-state index contributed by atoms with van der Waals surface area (Å²) in [5, 5.41) is 1.03. The molecule has 0 spiro atoms. The first-order valence-electron chi connectivity index (χ1n) is 9.58. The van der Waals surface area contributed by atoms with Crippen molar-refractivity contribution in [2.45, 2.75) is 26.2 Å². The first kappa shape index (κ1) is 18.3. The van der Waals surface area contributed by atoms with Gasteiger partial charge in [-0.25, -0.2) is 0 Å². The molecular weight excluding hydrogens is 354 g/mol. The Bertz CT molecular complexity index is 1000. The molecule has 0 bridgehead atoms. The quantitative estimate of drug-likeness (QED) is 0.739. The van der Waals surface area contributed by atoms with Crippen LogP contribution in [0.5, 0.6) is 0 Å². The molecule has 3 heterocycles. The number of amides is 2. The van der Waals surface area contributed by atoms with Crippen molar-refractivity contribution in [3.63, 3.8) is 0 Å². The van der Waals surface area contributed by atoms with E-state index in [-0.39, 0.29) is 17.2 Å². The van der Waals surface area contributed by atoms with Crippen molar-refractivity contribution >= 4 is 22.7 Å². The Balaban J connectivity index is 1.46. The minimum absolute atomic E-state index is 0.0291. The third kappa shape index (κ3) is 3.42. The Morgan fingerprint density at radius 2 is 1.64 bits per heavy atom. The molecule has 0 unspecified atom stereocenters. The molecule has 0 atom stereocenters. The smallest absolute Gasteiger partial charge is 0.289 e. The van der Waals surface area contributed by atoms with Crippen LogP contribution in [0.15, 0.2) is 47.1 Å². The maximum atomic E-state index is 12.9. The highest BCUT2D eigenvalue weighted by molar-refractivity contribution is 5.98. The zero-order valence-corrected chi connectivity index (χ0v) is 16.5. The molecule has 2 amide bonds. The normalized spacial score (nSPS) is 15.2. The van der Waals surface area contributed by atoms with Crippen LogP contribution in [0.4, 0.5) is 0 Å². The molecule has 4 rings (SSSR count). The van der Waals surface area contributed by atoms with Crippen LogP contribution in [0.25, 0.3) is 10.9 Å². The summed E-state index contributed by atoms with van der Waals surface area (Å²) >= 11 is 0. The number of aromatic amines is 1. The lowest BCUT2D eigenvalue weighted by molar-refractivity contribution is 0.0516. The zero-order chi connectivity index (χ0) is 19.9. The van der Waals surface area contributed by atoms with Gasteiger partial charge >= 0.3 is 0 Å². The second-order valence-electron chi connectivity index (χ2n) is 8.30. The first-order valence-corrected chi connectivity index (χ1v) is 9.58. The van der Waals surface area contributed by atoms with Gasteiger partial charge < -0.3 is 19.2 Å². The summed E-state index contributed by atoms with van der Waals surface area (Å²) in [6.45, 7) is 8.53. The number of hydrogen-bond acceptors (Lipinski definition) is 3. The monoisotopic (exact) mass is 379 g/mol. The van der Waals surface area contributed by atoms with E-state index in [1.54, 1.807) is 21.9 Å². The standard InChI is InChI=1S/C22H25N3O3/c1-22(2,3)16-7-6-15-13-18(23-17(15)14-16)20(26)24-8-10-25(11-9-24)21(27)19-5-4-12-28-19/h4-7,12-14,23H,8-11H2,1-3H3. The van der Waals surface area contributed by atoms with Crippen LogP contribution in [0.1, 0.15) is 47.4 Å². The number of fused-ring (bicyclic) bond motifs is 1. The molecule has 2 aromatic heterocycles. The summed E-state index contributed by atoms with van der Waals surface area (Å²) in [6, 6.07) is 11.6. The van der Waals surface area contributed by atoms with Gasteiger partial charge in [0.2, 0.25) is 0 Å².